The molecule has 0 spiro atoms. The molecule has 0 bridgehead atoms. The van der Waals surface area contributed by atoms with Crippen LogP contribution in [0.5, 0.6) is 5.75 Å². The molecule has 1 saturated heterocycles. The molecule has 1 heterocycles. The summed E-state index contributed by atoms with van der Waals surface area (Å²) in [5.74, 6) is 0.755. The lowest BCUT2D eigenvalue weighted by Gasteiger charge is -2.36. The first-order chi connectivity index (χ1) is 10.1. The molecule has 1 aromatic rings. The molecule has 0 saturated carbocycles. The maximum absolute atomic E-state index is 12.8. The Kier molecular flexibility index (Phi) is 5.48. The molecule has 116 valence electrons. The third-order valence-corrected chi connectivity index (χ3v) is 4.52. The van der Waals surface area contributed by atoms with Crippen LogP contribution in [0.4, 0.5) is 5.69 Å². The second kappa shape index (κ2) is 7.14. The quantitative estimate of drug-likeness (QED) is 0.875. The Morgan fingerprint density at radius 2 is 2.14 bits per heavy atom. The lowest BCUT2D eigenvalue weighted by molar-refractivity contribution is -0.127. The Morgan fingerprint density at radius 3 is 2.76 bits per heavy atom. The Labute approximate surface area is 131 Å². The zero-order valence-corrected chi connectivity index (χ0v) is 13.4. The van der Waals surface area contributed by atoms with Crippen LogP contribution in [0.3, 0.4) is 0 Å². The van der Waals surface area contributed by atoms with Gasteiger partial charge in [0.05, 0.1) is 23.2 Å². The number of rotatable bonds is 5. The van der Waals surface area contributed by atoms with Crippen molar-refractivity contribution in [3.63, 3.8) is 0 Å². The number of amides is 1. The molecular formula is C16H23ClN2O2. The first kappa shape index (κ1) is 16.1. The molecule has 5 heteroatoms. The van der Waals surface area contributed by atoms with Gasteiger partial charge in [0.25, 0.3) is 0 Å². The van der Waals surface area contributed by atoms with Gasteiger partial charge in [-0.2, -0.15) is 0 Å². The fourth-order valence-electron chi connectivity index (χ4n) is 2.96. The van der Waals surface area contributed by atoms with Crippen molar-refractivity contribution in [2.45, 2.75) is 32.6 Å². The van der Waals surface area contributed by atoms with Crippen molar-refractivity contribution < 1.29 is 9.53 Å². The van der Waals surface area contributed by atoms with Crippen LogP contribution < -0.4 is 15.4 Å². The van der Waals surface area contributed by atoms with Crippen molar-refractivity contribution in [2.75, 3.05) is 25.5 Å². The Balaban J connectivity index is 2.18. The van der Waals surface area contributed by atoms with E-state index >= 15 is 0 Å². The highest BCUT2D eigenvalue weighted by Crippen LogP contribution is 2.36. The number of nitrogens with one attached hydrogen (secondary N) is 2. The number of anilines is 1. The van der Waals surface area contributed by atoms with Crippen molar-refractivity contribution in [1.29, 1.82) is 0 Å². The van der Waals surface area contributed by atoms with Crippen molar-refractivity contribution in [3.05, 3.63) is 23.2 Å². The standard InChI is InChI=1S/C16H23ClN2O2/c1-3-6-16(7-9-18-10-8-16)15(20)19-14-11-12(21-2)4-5-13(14)17/h4-5,11,18H,3,6-10H2,1-2H3,(H,19,20). The van der Waals surface area contributed by atoms with Gasteiger partial charge < -0.3 is 15.4 Å². The van der Waals surface area contributed by atoms with Gasteiger partial charge in [0.15, 0.2) is 0 Å². The topological polar surface area (TPSA) is 50.4 Å². The molecule has 1 aliphatic heterocycles. The van der Waals surface area contributed by atoms with Crippen LogP contribution in [-0.2, 0) is 4.79 Å². The average Bonchev–Trinajstić information content (AvgIpc) is 2.50. The summed E-state index contributed by atoms with van der Waals surface area (Å²) in [4.78, 5) is 12.8. The van der Waals surface area contributed by atoms with E-state index in [-0.39, 0.29) is 11.3 Å². The van der Waals surface area contributed by atoms with Crippen LogP contribution in [0.15, 0.2) is 18.2 Å². The molecule has 4 nitrogen and oxygen atoms in total. The largest absolute Gasteiger partial charge is 0.497 e. The Hall–Kier alpha value is -1.26. The highest BCUT2D eigenvalue weighted by atomic mass is 35.5. The van der Waals surface area contributed by atoms with Crippen LogP contribution in [0.1, 0.15) is 32.6 Å². The van der Waals surface area contributed by atoms with Gasteiger partial charge in [-0.1, -0.05) is 24.9 Å². The van der Waals surface area contributed by atoms with Gasteiger partial charge in [-0.3, -0.25) is 4.79 Å². The van der Waals surface area contributed by atoms with Crippen LogP contribution in [-0.4, -0.2) is 26.1 Å². The number of ether oxygens (including phenoxy) is 1. The Morgan fingerprint density at radius 1 is 1.43 bits per heavy atom. The monoisotopic (exact) mass is 310 g/mol. The van der Waals surface area contributed by atoms with Crippen LogP contribution in [0, 0.1) is 5.41 Å². The van der Waals surface area contributed by atoms with Gasteiger partial charge in [-0.15, -0.1) is 0 Å². The van der Waals surface area contributed by atoms with E-state index in [9.17, 15) is 4.79 Å². The SMILES string of the molecule is CCCC1(C(=O)Nc2cc(OC)ccc2Cl)CCNCC1. The molecule has 1 fully saturated rings. The average molecular weight is 311 g/mol. The Bertz CT molecular complexity index is 494. The summed E-state index contributed by atoms with van der Waals surface area (Å²) in [7, 11) is 1.60. The summed E-state index contributed by atoms with van der Waals surface area (Å²) < 4.78 is 5.19. The predicted octanol–water partition coefficient (Wildman–Crippen LogP) is 3.46. The van der Waals surface area contributed by atoms with Crippen LogP contribution >= 0.6 is 11.6 Å². The number of carbonyl (C=O) groups excluding carboxylic acids is 1. The fourth-order valence-corrected chi connectivity index (χ4v) is 3.12. The van der Waals surface area contributed by atoms with E-state index in [0.717, 1.165) is 38.8 Å². The number of benzene rings is 1. The zero-order valence-electron chi connectivity index (χ0n) is 12.7. The van der Waals surface area contributed by atoms with E-state index < -0.39 is 0 Å². The molecule has 1 amide bonds. The smallest absolute Gasteiger partial charge is 0.230 e. The van der Waals surface area contributed by atoms with Gasteiger partial charge in [-0.05, 0) is 44.5 Å². The molecule has 1 aromatic carbocycles. The number of hydrogen-bond acceptors (Lipinski definition) is 3. The van der Waals surface area contributed by atoms with Crippen molar-refractivity contribution >= 4 is 23.2 Å². The van der Waals surface area contributed by atoms with Gasteiger partial charge in [0, 0.05) is 6.07 Å². The first-order valence-electron chi connectivity index (χ1n) is 7.47. The van der Waals surface area contributed by atoms with E-state index in [2.05, 4.69) is 17.6 Å². The summed E-state index contributed by atoms with van der Waals surface area (Å²) in [6.45, 7) is 3.90. The molecule has 2 rings (SSSR count). The molecule has 21 heavy (non-hydrogen) atoms. The zero-order chi connectivity index (χ0) is 15.3. The maximum atomic E-state index is 12.8. The molecule has 0 aromatic heterocycles. The first-order valence-corrected chi connectivity index (χ1v) is 7.85. The van der Waals surface area contributed by atoms with Gasteiger partial charge in [-0.25, -0.2) is 0 Å². The van der Waals surface area contributed by atoms with Gasteiger partial charge in [0.2, 0.25) is 5.91 Å². The number of methoxy groups -OCH3 is 1. The van der Waals surface area contributed by atoms with Crippen molar-refractivity contribution in [2.24, 2.45) is 5.41 Å². The number of hydrogen-bond donors (Lipinski definition) is 2. The van der Waals surface area contributed by atoms with Crippen LogP contribution in [0.25, 0.3) is 0 Å². The fraction of sp³-hybridized carbons (Fsp3) is 0.562. The third-order valence-electron chi connectivity index (χ3n) is 4.19. The number of piperidine rings is 1. The normalized spacial score (nSPS) is 17.3. The van der Waals surface area contributed by atoms with Gasteiger partial charge in [0.1, 0.15) is 5.75 Å². The molecular weight excluding hydrogens is 288 g/mol. The van der Waals surface area contributed by atoms with E-state index in [1.807, 2.05) is 0 Å². The minimum atomic E-state index is -0.285. The summed E-state index contributed by atoms with van der Waals surface area (Å²) in [5.41, 5.74) is 0.335. The number of halogens is 1. The second-order valence-corrected chi connectivity index (χ2v) is 5.99. The van der Waals surface area contributed by atoms with E-state index in [1.54, 1.807) is 25.3 Å². The molecule has 2 N–H and O–H groups in total. The predicted molar refractivity (Wildman–Crippen MR) is 86.1 cm³/mol. The van der Waals surface area contributed by atoms with E-state index in [1.165, 1.54) is 0 Å². The summed E-state index contributed by atoms with van der Waals surface area (Å²) >= 11 is 6.18. The molecule has 0 radical (unpaired) electrons. The van der Waals surface area contributed by atoms with E-state index in [4.69, 9.17) is 16.3 Å². The molecule has 0 atom stereocenters. The highest BCUT2D eigenvalue weighted by molar-refractivity contribution is 6.33. The molecule has 0 aliphatic carbocycles. The molecule has 0 unspecified atom stereocenters. The second-order valence-electron chi connectivity index (χ2n) is 5.58. The van der Waals surface area contributed by atoms with Crippen LogP contribution in [0.2, 0.25) is 5.02 Å². The lowest BCUT2D eigenvalue weighted by atomic mass is 9.74. The van der Waals surface area contributed by atoms with E-state index in [0.29, 0.717) is 16.5 Å². The molecule has 1 aliphatic rings. The summed E-state index contributed by atoms with van der Waals surface area (Å²) in [6.07, 6.45) is 3.64. The van der Waals surface area contributed by atoms with Crippen molar-refractivity contribution in [1.82, 2.24) is 5.32 Å². The van der Waals surface area contributed by atoms with Crippen molar-refractivity contribution in [3.8, 4) is 5.75 Å². The summed E-state index contributed by atoms with van der Waals surface area (Å²) in [6, 6.07) is 5.29. The highest BCUT2D eigenvalue weighted by Gasteiger charge is 2.38. The lowest BCUT2D eigenvalue weighted by Crippen LogP contribution is -2.44. The summed E-state index contributed by atoms with van der Waals surface area (Å²) in [5, 5.41) is 6.85. The van der Waals surface area contributed by atoms with Gasteiger partial charge >= 0.3 is 0 Å². The maximum Gasteiger partial charge on any atom is 0.230 e. The number of carbonyl (C=O) groups is 1. The minimum absolute atomic E-state index is 0.0704. The third kappa shape index (κ3) is 3.69. The minimum Gasteiger partial charge on any atom is -0.497 e.